The Hall–Kier alpha value is -1.01. The first-order valence-electron chi connectivity index (χ1n) is 26.6. The summed E-state index contributed by atoms with van der Waals surface area (Å²) in [7, 11) is 0. The third kappa shape index (κ3) is 27.7. The van der Waals surface area contributed by atoms with Crippen molar-refractivity contribution in [3.05, 3.63) is 0 Å². The van der Waals surface area contributed by atoms with Gasteiger partial charge in [0.2, 0.25) is 0 Å². The van der Waals surface area contributed by atoms with Crippen LogP contribution in [-0.4, -0.2) is 142 Å². The highest BCUT2D eigenvalue weighted by molar-refractivity contribution is 5.69. The van der Waals surface area contributed by atoms with E-state index in [2.05, 4.69) is 13.8 Å². The van der Waals surface area contributed by atoms with Crippen molar-refractivity contribution in [1.29, 1.82) is 0 Å². The van der Waals surface area contributed by atoms with Crippen molar-refractivity contribution in [2.24, 2.45) is 0 Å². The van der Waals surface area contributed by atoms with Crippen LogP contribution in [0.25, 0.3) is 0 Å². The summed E-state index contributed by atoms with van der Waals surface area (Å²) in [5.74, 6) is -0.370. The van der Waals surface area contributed by atoms with E-state index in [1.165, 1.54) is 154 Å². The van der Waals surface area contributed by atoms with Gasteiger partial charge >= 0.3 is 5.97 Å². The van der Waals surface area contributed by atoms with Crippen LogP contribution in [0.1, 0.15) is 219 Å². The first-order valence-corrected chi connectivity index (χ1v) is 26.6. The normalized spacial score (nSPS) is 26.4. The lowest BCUT2D eigenvalue weighted by Gasteiger charge is -2.42. The molecule has 0 aliphatic carbocycles. The smallest absolute Gasteiger partial charge is 0.306 e. The molecule has 0 saturated carbocycles. The van der Waals surface area contributed by atoms with E-state index in [4.69, 9.17) is 28.4 Å². The summed E-state index contributed by atoms with van der Waals surface area (Å²) in [5.41, 5.74) is 0. The zero-order valence-electron chi connectivity index (χ0n) is 41.0. The fourth-order valence-electron chi connectivity index (χ4n) is 8.76. The third-order valence-corrected chi connectivity index (χ3v) is 13.1. The molecule has 2 aliphatic rings. The van der Waals surface area contributed by atoms with Gasteiger partial charge in [0, 0.05) is 13.0 Å². The van der Waals surface area contributed by atoms with Crippen LogP contribution < -0.4 is 0 Å². The van der Waals surface area contributed by atoms with Crippen LogP contribution in [0, 0.1) is 0 Å². The lowest BCUT2D eigenvalue weighted by Crippen LogP contribution is -2.61. The van der Waals surface area contributed by atoms with E-state index in [-0.39, 0.29) is 25.6 Å². The Bertz CT molecular complexity index is 1090. The minimum Gasteiger partial charge on any atom is -0.457 e. The van der Waals surface area contributed by atoms with Gasteiger partial charge < -0.3 is 64.2 Å². The van der Waals surface area contributed by atoms with Crippen LogP contribution in [0.2, 0.25) is 0 Å². The number of hydrogen-bond acceptors (Lipinski definition) is 14. The molecular weight excluding hydrogens is 837 g/mol. The molecule has 0 aromatic carbocycles. The van der Waals surface area contributed by atoms with E-state index in [0.29, 0.717) is 6.61 Å². The van der Waals surface area contributed by atoms with E-state index in [0.717, 1.165) is 44.9 Å². The molecule has 386 valence electrons. The fourth-order valence-corrected chi connectivity index (χ4v) is 8.76. The van der Waals surface area contributed by atoms with Crippen LogP contribution in [0.5, 0.6) is 0 Å². The van der Waals surface area contributed by atoms with Gasteiger partial charge in [-0.3, -0.25) is 4.79 Å². The van der Waals surface area contributed by atoms with Crippen molar-refractivity contribution in [2.45, 2.75) is 287 Å². The van der Waals surface area contributed by atoms with Gasteiger partial charge in [-0.2, -0.15) is 0 Å². The van der Waals surface area contributed by atoms with Gasteiger partial charge in [-0.25, -0.2) is 0 Å². The second kappa shape index (κ2) is 39.8. The van der Waals surface area contributed by atoms with Crippen molar-refractivity contribution in [1.82, 2.24) is 0 Å². The summed E-state index contributed by atoms with van der Waals surface area (Å²) in [6.07, 6.45) is 23.1. The van der Waals surface area contributed by atoms with Gasteiger partial charge in [0.05, 0.1) is 26.4 Å². The number of aliphatic hydroxyl groups excluding tert-OH is 7. The molecule has 0 bridgehead atoms. The number of aliphatic hydroxyl groups is 7. The molecule has 0 aromatic heterocycles. The largest absolute Gasteiger partial charge is 0.457 e. The topological polar surface area (TPSA) is 214 Å². The van der Waals surface area contributed by atoms with Crippen LogP contribution in [0.3, 0.4) is 0 Å². The SMILES string of the molecule is CCCCCCCCCCCCCCCCCCCCCCC(=O)OC(COCCCCCCCCCCCCC)COC1OC(COC2OC(CO)C(O)C(O)C2O)C(O)C(O)C1O. The molecule has 2 aliphatic heterocycles. The van der Waals surface area contributed by atoms with Gasteiger partial charge in [0.15, 0.2) is 12.6 Å². The minimum atomic E-state index is -1.70. The van der Waals surface area contributed by atoms with Gasteiger partial charge in [0.25, 0.3) is 0 Å². The van der Waals surface area contributed by atoms with Crippen molar-refractivity contribution < 1.29 is 69.0 Å². The summed E-state index contributed by atoms with van der Waals surface area (Å²) in [5, 5.41) is 72.1. The summed E-state index contributed by atoms with van der Waals surface area (Å²) in [4.78, 5) is 13.0. The van der Waals surface area contributed by atoms with Crippen LogP contribution >= 0.6 is 0 Å². The average Bonchev–Trinajstić information content (AvgIpc) is 3.30. The van der Waals surface area contributed by atoms with Crippen molar-refractivity contribution in [2.75, 3.05) is 33.0 Å². The Morgan fingerprint density at radius 1 is 0.446 bits per heavy atom. The number of esters is 1. The van der Waals surface area contributed by atoms with Gasteiger partial charge in [-0.1, -0.05) is 200 Å². The van der Waals surface area contributed by atoms with Gasteiger partial charge in [-0.05, 0) is 12.8 Å². The van der Waals surface area contributed by atoms with Crippen LogP contribution in [0.4, 0.5) is 0 Å². The Balaban J connectivity index is 1.72. The molecule has 14 heteroatoms. The predicted molar refractivity (Wildman–Crippen MR) is 252 cm³/mol. The molecule has 11 atom stereocenters. The number of ether oxygens (including phenoxy) is 6. The number of rotatable bonds is 43. The molecule has 65 heavy (non-hydrogen) atoms. The Kier molecular flexibility index (Phi) is 36.8. The first kappa shape index (κ1) is 60.1. The molecule has 2 saturated heterocycles. The van der Waals surface area contributed by atoms with Crippen LogP contribution in [0.15, 0.2) is 0 Å². The van der Waals surface area contributed by atoms with Crippen LogP contribution in [-0.2, 0) is 33.2 Å². The molecule has 14 nitrogen and oxygen atoms in total. The van der Waals surface area contributed by atoms with E-state index in [9.17, 15) is 40.5 Å². The number of hydrogen-bond donors (Lipinski definition) is 7. The zero-order valence-corrected chi connectivity index (χ0v) is 41.0. The summed E-state index contributed by atoms with van der Waals surface area (Å²) in [6.45, 7) is 3.73. The summed E-state index contributed by atoms with van der Waals surface area (Å²) < 4.78 is 34.3. The highest BCUT2D eigenvalue weighted by atomic mass is 16.7. The Morgan fingerprint density at radius 2 is 0.815 bits per heavy atom. The van der Waals surface area contributed by atoms with Crippen molar-refractivity contribution in [3.8, 4) is 0 Å². The van der Waals surface area contributed by atoms with E-state index in [1.807, 2.05) is 0 Å². The monoisotopic (exact) mass is 935 g/mol. The van der Waals surface area contributed by atoms with E-state index < -0.39 is 80.7 Å². The standard InChI is InChI=1S/C51H98O14/c1-3-5-7-9-11-13-15-16-17-18-19-20-21-22-23-24-26-28-30-32-34-43(53)63-40(37-60-35-33-31-29-27-25-14-12-10-8-6-4-2)38-61-50-49(59)47(57)45(55)42(65-50)39-62-51-48(58)46(56)44(54)41(36-52)64-51/h40-42,44-52,54-59H,3-39H2,1-2H3. The maximum atomic E-state index is 13.0. The zero-order chi connectivity index (χ0) is 47.3. The molecule has 11 unspecified atom stereocenters. The molecule has 2 rings (SSSR count). The maximum Gasteiger partial charge on any atom is 0.306 e. The minimum absolute atomic E-state index is 0.0698. The number of unbranched alkanes of at least 4 members (excludes halogenated alkanes) is 29. The van der Waals surface area contributed by atoms with Crippen molar-refractivity contribution >= 4 is 5.97 Å². The molecule has 2 heterocycles. The van der Waals surface area contributed by atoms with E-state index in [1.54, 1.807) is 0 Å². The molecule has 0 spiro atoms. The third-order valence-electron chi connectivity index (χ3n) is 13.1. The Morgan fingerprint density at radius 3 is 1.25 bits per heavy atom. The summed E-state index contributed by atoms with van der Waals surface area (Å²) >= 11 is 0. The number of carbonyl (C=O) groups is 1. The molecule has 0 amide bonds. The predicted octanol–water partition coefficient (Wildman–Crippen LogP) is 8.08. The second-order valence-corrected chi connectivity index (χ2v) is 19.1. The quantitative estimate of drug-likeness (QED) is 0.0228. The highest BCUT2D eigenvalue weighted by Gasteiger charge is 2.47. The molecular formula is C51H98O14. The van der Waals surface area contributed by atoms with E-state index >= 15 is 0 Å². The maximum absolute atomic E-state index is 13.0. The first-order chi connectivity index (χ1) is 31.6. The Labute approximate surface area is 393 Å². The van der Waals surface area contributed by atoms with Crippen molar-refractivity contribution in [3.63, 3.8) is 0 Å². The highest BCUT2D eigenvalue weighted by Crippen LogP contribution is 2.27. The van der Waals surface area contributed by atoms with Gasteiger partial charge in [-0.15, -0.1) is 0 Å². The van der Waals surface area contributed by atoms with Gasteiger partial charge in [0.1, 0.15) is 54.9 Å². The molecule has 0 aromatic rings. The lowest BCUT2D eigenvalue weighted by molar-refractivity contribution is -0.332. The summed E-state index contributed by atoms with van der Waals surface area (Å²) in [6, 6.07) is 0. The lowest BCUT2D eigenvalue weighted by atomic mass is 9.98. The second-order valence-electron chi connectivity index (χ2n) is 19.1. The number of carbonyl (C=O) groups excluding carboxylic acids is 1. The fraction of sp³-hybridized carbons (Fsp3) is 0.980. The average molecular weight is 935 g/mol. The molecule has 7 N–H and O–H groups in total. The molecule has 0 radical (unpaired) electrons. The molecule has 2 fully saturated rings.